The molecule has 1 unspecified atom stereocenters. The normalized spacial score (nSPS) is 27.8. The minimum Gasteiger partial charge on any atom is -0.508 e. The second kappa shape index (κ2) is 10.8. The van der Waals surface area contributed by atoms with Gasteiger partial charge in [-0.2, -0.15) is 0 Å². The third-order valence-corrected chi connectivity index (χ3v) is 10.6. The standard InChI is InChI=1S/C38H44O8/c1-19(2)28-31(42)26(20(3)39)33(44)38(46)34(45)29-32(43)27-23(17-36(29,7)18-37(28,38)8)22(16-24(30(27)41)35(4,5)6)14-15-25(40)21-12-10-9-11-13-21/h9-13,16,19,28,41,43-44,46H,14-15,17-18H2,1-8H3/t28?,36-,37-,38+/m1/s1. The smallest absolute Gasteiger partial charge is 0.203 e. The van der Waals surface area contributed by atoms with Crippen molar-refractivity contribution in [2.45, 2.75) is 92.1 Å². The molecule has 3 aliphatic carbocycles. The highest BCUT2D eigenvalue weighted by Gasteiger charge is 2.72. The summed E-state index contributed by atoms with van der Waals surface area (Å²) in [4.78, 5) is 54.2. The number of aryl methyl sites for hydroxylation is 1. The van der Waals surface area contributed by atoms with E-state index in [2.05, 4.69) is 0 Å². The molecule has 0 heterocycles. The number of rotatable bonds is 6. The fourth-order valence-corrected chi connectivity index (χ4v) is 8.67. The Morgan fingerprint density at radius 3 is 2.17 bits per heavy atom. The van der Waals surface area contributed by atoms with Gasteiger partial charge in [-0.1, -0.05) is 84.9 Å². The minimum atomic E-state index is -2.67. The van der Waals surface area contributed by atoms with Crippen LogP contribution in [0.15, 0.2) is 53.3 Å². The molecule has 8 heteroatoms. The van der Waals surface area contributed by atoms with Crippen molar-refractivity contribution in [1.82, 2.24) is 0 Å². The van der Waals surface area contributed by atoms with E-state index in [4.69, 9.17) is 0 Å². The van der Waals surface area contributed by atoms with E-state index < -0.39 is 68.1 Å². The molecular formula is C38H44O8. The number of carbonyl (C=O) groups is 4. The molecule has 0 aliphatic heterocycles. The van der Waals surface area contributed by atoms with E-state index in [0.717, 1.165) is 12.5 Å². The molecular weight excluding hydrogens is 584 g/mol. The molecule has 2 aromatic rings. The molecule has 4 atom stereocenters. The molecule has 2 aromatic carbocycles. The zero-order valence-electron chi connectivity index (χ0n) is 27.9. The summed E-state index contributed by atoms with van der Waals surface area (Å²) < 4.78 is 0. The summed E-state index contributed by atoms with van der Waals surface area (Å²) in [7, 11) is 0. The summed E-state index contributed by atoms with van der Waals surface area (Å²) in [5.41, 5.74) is -4.21. The lowest BCUT2D eigenvalue weighted by atomic mass is 9.43. The largest absolute Gasteiger partial charge is 0.508 e. The highest BCUT2D eigenvalue weighted by atomic mass is 16.3. The summed E-state index contributed by atoms with van der Waals surface area (Å²) in [6.45, 7) is 13.7. The molecule has 0 aromatic heterocycles. The predicted octanol–water partition coefficient (Wildman–Crippen LogP) is 6.30. The molecule has 0 amide bonds. The van der Waals surface area contributed by atoms with Crippen LogP contribution in [0.1, 0.15) is 101 Å². The number of phenols is 1. The summed E-state index contributed by atoms with van der Waals surface area (Å²) in [5.74, 6) is -5.55. The Labute approximate surface area is 269 Å². The number of hydrogen-bond donors (Lipinski definition) is 4. The third kappa shape index (κ3) is 4.59. The van der Waals surface area contributed by atoms with Crippen LogP contribution in [0.4, 0.5) is 0 Å². The Morgan fingerprint density at radius 2 is 1.63 bits per heavy atom. The van der Waals surface area contributed by atoms with E-state index in [9.17, 15) is 39.6 Å². The summed E-state index contributed by atoms with van der Waals surface area (Å²) in [6.07, 6.45) is 0.654. The molecule has 1 saturated carbocycles. The summed E-state index contributed by atoms with van der Waals surface area (Å²) >= 11 is 0. The van der Waals surface area contributed by atoms with Crippen molar-refractivity contribution in [2.75, 3.05) is 0 Å². The fourth-order valence-electron chi connectivity index (χ4n) is 8.67. The second-order valence-corrected chi connectivity index (χ2v) is 15.3. The lowest BCUT2D eigenvalue weighted by Crippen LogP contribution is -2.69. The number of Topliss-reactive ketones (excluding diaryl/α,β-unsaturated/α-hetero) is 4. The van der Waals surface area contributed by atoms with Gasteiger partial charge in [-0.3, -0.25) is 19.2 Å². The zero-order valence-corrected chi connectivity index (χ0v) is 27.9. The van der Waals surface area contributed by atoms with Gasteiger partial charge in [0.15, 0.2) is 23.0 Å². The Morgan fingerprint density at radius 1 is 1.02 bits per heavy atom. The number of aliphatic hydroxyl groups excluding tert-OH is 2. The van der Waals surface area contributed by atoms with Crippen LogP contribution in [0.25, 0.3) is 5.76 Å². The van der Waals surface area contributed by atoms with Crippen LogP contribution in [0, 0.1) is 22.7 Å². The van der Waals surface area contributed by atoms with Gasteiger partial charge in [0.1, 0.15) is 22.8 Å². The quantitative estimate of drug-likeness (QED) is 0.215. The Kier molecular flexibility index (Phi) is 7.80. The third-order valence-electron chi connectivity index (χ3n) is 10.6. The number of fused-ring (bicyclic) bond motifs is 3. The van der Waals surface area contributed by atoms with Crippen LogP contribution in [0.3, 0.4) is 0 Å². The minimum absolute atomic E-state index is 0.00900. The van der Waals surface area contributed by atoms with Gasteiger partial charge >= 0.3 is 0 Å². The summed E-state index contributed by atoms with van der Waals surface area (Å²) in [5, 5.41) is 47.4. The number of phenolic OH excluding ortho intramolecular Hbond substituents is 1. The van der Waals surface area contributed by atoms with Gasteiger partial charge in [0.25, 0.3) is 0 Å². The average Bonchev–Trinajstić information content (AvgIpc) is 2.93. The first kappa shape index (κ1) is 33.3. The van der Waals surface area contributed by atoms with Crippen LogP contribution < -0.4 is 0 Å². The number of aromatic hydroxyl groups is 1. The molecule has 0 spiro atoms. The number of allylic oxidation sites excluding steroid dienone is 1. The van der Waals surface area contributed by atoms with Gasteiger partial charge in [0.05, 0.1) is 5.56 Å². The maximum atomic E-state index is 14.6. The van der Waals surface area contributed by atoms with E-state index in [0.29, 0.717) is 23.1 Å². The van der Waals surface area contributed by atoms with Crippen LogP contribution >= 0.6 is 0 Å². The van der Waals surface area contributed by atoms with Crippen LogP contribution in [-0.4, -0.2) is 49.2 Å². The lowest BCUT2D eigenvalue weighted by molar-refractivity contribution is -0.178. The van der Waals surface area contributed by atoms with E-state index in [-0.39, 0.29) is 41.9 Å². The molecule has 46 heavy (non-hydrogen) atoms. The van der Waals surface area contributed by atoms with Crippen molar-refractivity contribution < 1.29 is 39.6 Å². The number of carbonyl (C=O) groups excluding carboxylic acids is 4. The topological polar surface area (TPSA) is 149 Å². The maximum absolute atomic E-state index is 14.6. The van der Waals surface area contributed by atoms with Gasteiger partial charge < -0.3 is 20.4 Å². The molecule has 3 aliphatic rings. The first-order valence-electron chi connectivity index (χ1n) is 15.9. The van der Waals surface area contributed by atoms with Gasteiger partial charge in [0, 0.05) is 39.9 Å². The van der Waals surface area contributed by atoms with E-state index >= 15 is 0 Å². The Hall–Kier alpha value is -4.04. The highest BCUT2D eigenvalue weighted by Crippen LogP contribution is 2.65. The summed E-state index contributed by atoms with van der Waals surface area (Å²) in [6, 6.07) is 10.8. The average molecular weight is 629 g/mol. The molecule has 4 N–H and O–H groups in total. The van der Waals surface area contributed by atoms with Crippen molar-refractivity contribution >= 4 is 28.9 Å². The van der Waals surface area contributed by atoms with Crippen LogP contribution in [0.2, 0.25) is 0 Å². The van der Waals surface area contributed by atoms with Crippen molar-refractivity contribution in [3.63, 3.8) is 0 Å². The molecule has 244 valence electrons. The van der Waals surface area contributed by atoms with Crippen molar-refractivity contribution in [3.8, 4) is 5.75 Å². The predicted molar refractivity (Wildman–Crippen MR) is 174 cm³/mol. The maximum Gasteiger partial charge on any atom is 0.203 e. The van der Waals surface area contributed by atoms with Crippen molar-refractivity contribution in [1.29, 1.82) is 0 Å². The van der Waals surface area contributed by atoms with Gasteiger partial charge in [-0.05, 0) is 48.6 Å². The Balaban J connectivity index is 1.76. The molecule has 0 saturated heterocycles. The molecule has 1 fully saturated rings. The van der Waals surface area contributed by atoms with E-state index in [1.165, 1.54) is 0 Å². The van der Waals surface area contributed by atoms with Gasteiger partial charge in [-0.25, -0.2) is 0 Å². The molecule has 5 rings (SSSR count). The zero-order chi connectivity index (χ0) is 34.3. The van der Waals surface area contributed by atoms with E-state index in [1.54, 1.807) is 52.0 Å². The van der Waals surface area contributed by atoms with Gasteiger partial charge in [-0.15, -0.1) is 0 Å². The first-order valence-corrected chi connectivity index (χ1v) is 15.9. The Bertz CT molecular complexity index is 1750. The lowest BCUT2D eigenvalue weighted by Gasteiger charge is -2.59. The van der Waals surface area contributed by atoms with Crippen molar-refractivity contribution in [2.24, 2.45) is 22.7 Å². The number of ketones is 4. The fraction of sp³-hybridized carbons (Fsp3) is 0.474. The van der Waals surface area contributed by atoms with Crippen molar-refractivity contribution in [3.05, 3.63) is 81.1 Å². The SMILES string of the molecule is CC(=O)C1=C(O)[C@]2(O)C(=O)C3=C(O)c4c(O)c(C(C)(C)C)cc(CCC(=O)c5ccccc5)c4C[C@]3(C)C[C@]2(C)C(C(C)C)C1=O. The first-order chi connectivity index (χ1) is 21.2. The number of hydrogen-bond acceptors (Lipinski definition) is 8. The number of benzene rings is 2. The van der Waals surface area contributed by atoms with Crippen LogP contribution in [0.5, 0.6) is 5.75 Å². The molecule has 0 radical (unpaired) electrons. The monoisotopic (exact) mass is 628 g/mol. The highest BCUT2D eigenvalue weighted by molar-refractivity contribution is 6.24. The van der Waals surface area contributed by atoms with E-state index in [1.807, 2.05) is 32.9 Å². The van der Waals surface area contributed by atoms with Crippen LogP contribution in [-0.2, 0) is 32.6 Å². The number of aliphatic hydroxyl groups is 3. The second-order valence-electron chi connectivity index (χ2n) is 15.3. The van der Waals surface area contributed by atoms with Gasteiger partial charge in [0.2, 0.25) is 5.78 Å². The molecule has 0 bridgehead atoms. The molecule has 8 nitrogen and oxygen atoms in total.